The highest BCUT2D eigenvalue weighted by molar-refractivity contribution is 5.78. The highest BCUT2D eigenvalue weighted by atomic mass is 19.1. The summed E-state index contributed by atoms with van der Waals surface area (Å²) in [5, 5.41) is 16.3. The molecule has 1 aromatic rings. The Labute approximate surface area is 102 Å². The van der Waals surface area contributed by atoms with E-state index in [2.05, 4.69) is 10.6 Å². The average Bonchev–Trinajstić information content (AvgIpc) is 2.72. The number of nitrogens with one attached hydrogen (secondary N) is 2. The number of rotatable bonds is 4. The highest BCUT2D eigenvalue weighted by Gasteiger charge is 2.20. The van der Waals surface area contributed by atoms with Crippen LogP contribution in [0.15, 0.2) is 18.2 Å². The molecule has 1 aromatic carbocycles. The SMILES string of the molecule is O=C1CC(NCc2cc(F)cc([N+](=O)[O-])c2)CN1. The summed E-state index contributed by atoms with van der Waals surface area (Å²) in [4.78, 5) is 20.9. The molecule has 2 rings (SSSR count). The summed E-state index contributed by atoms with van der Waals surface area (Å²) in [6.07, 6.45) is 0.372. The summed E-state index contributed by atoms with van der Waals surface area (Å²) >= 11 is 0. The van der Waals surface area contributed by atoms with Crippen molar-refractivity contribution >= 4 is 11.6 Å². The standard InChI is InChI=1S/C11H12FN3O3/c12-8-1-7(2-10(3-8)15(17)18)5-13-9-4-11(16)14-6-9/h1-3,9,13H,4-6H2,(H,14,16). The van der Waals surface area contributed by atoms with Crippen molar-refractivity contribution in [1.29, 1.82) is 0 Å². The first-order valence-corrected chi connectivity index (χ1v) is 5.48. The maximum atomic E-state index is 13.2. The largest absolute Gasteiger partial charge is 0.354 e. The molecule has 1 fully saturated rings. The minimum absolute atomic E-state index is 0.0141. The third-order valence-corrected chi connectivity index (χ3v) is 2.73. The lowest BCUT2D eigenvalue weighted by atomic mass is 10.1. The summed E-state index contributed by atoms with van der Waals surface area (Å²) in [5.74, 6) is -0.667. The number of nitro groups is 1. The first kappa shape index (κ1) is 12.4. The van der Waals surface area contributed by atoms with Crippen molar-refractivity contribution in [2.24, 2.45) is 0 Å². The van der Waals surface area contributed by atoms with E-state index in [1.54, 1.807) is 0 Å². The molecule has 1 aliphatic rings. The van der Waals surface area contributed by atoms with Crippen LogP contribution in [0.3, 0.4) is 0 Å². The second-order valence-electron chi connectivity index (χ2n) is 4.16. The summed E-state index contributed by atoms with van der Waals surface area (Å²) in [5.41, 5.74) is 0.216. The minimum atomic E-state index is -0.637. The van der Waals surface area contributed by atoms with Crippen LogP contribution in [0.4, 0.5) is 10.1 Å². The van der Waals surface area contributed by atoms with Crippen LogP contribution in [0.25, 0.3) is 0 Å². The van der Waals surface area contributed by atoms with E-state index in [-0.39, 0.29) is 24.2 Å². The first-order chi connectivity index (χ1) is 8.54. The molecule has 0 bridgehead atoms. The highest BCUT2D eigenvalue weighted by Crippen LogP contribution is 2.16. The minimum Gasteiger partial charge on any atom is -0.354 e. The monoisotopic (exact) mass is 253 g/mol. The van der Waals surface area contributed by atoms with Crippen molar-refractivity contribution in [3.05, 3.63) is 39.7 Å². The van der Waals surface area contributed by atoms with Gasteiger partial charge in [0.25, 0.3) is 5.69 Å². The Bertz CT molecular complexity index is 492. The molecule has 0 aliphatic carbocycles. The number of benzene rings is 1. The zero-order valence-corrected chi connectivity index (χ0v) is 9.48. The molecule has 1 saturated heterocycles. The van der Waals surface area contributed by atoms with Gasteiger partial charge in [0, 0.05) is 31.6 Å². The Kier molecular flexibility index (Phi) is 3.52. The lowest BCUT2D eigenvalue weighted by molar-refractivity contribution is -0.385. The van der Waals surface area contributed by atoms with Crippen LogP contribution < -0.4 is 10.6 Å². The maximum absolute atomic E-state index is 13.2. The molecule has 0 saturated carbocycles. The van der Waals surface area contributed by atoms with E-state index in [9.17, 15) is 19.3 Å². The van der Waals surface area contributed by atoms with E-state index in [4.69, 9.17) is 0 Å². The van der Waals surface area contributed by atoms with Crippen molar-refractivity contribution in [1.82, 2.24) is 10.6 Å². The van der Waals surface area contributed by atoms with Gasteiger partial charge in [0.05, 0.1) is 11.0 Å². The molecule has 18 heavy (non-hydrogen) atoms. The van der Waals surface area contributed by atoms with Gasteiger partial charge in [-0.1, -0.05) is 0 Å². The number of halogens is 1. The van der Waals surface area contributed by atoms with Gasteiger partial charge in [-0.05, 0) is 11.6 Å². The van der Waals surface area contributed by atoms with E-state index in [0.717, 1.165) is 6.07 Å². The van der Waals surface area contributed by atoms with E-state index in [0.29, 0.717) is 18.5 Å². The number of non-ortho nitro benzene ring substituents is 1. The number of nitrogens with zero attached hydrogens (tertiary/aromatic N) is 1. The predicted octanol–water partition coefficient (Wildman–Crippen LogP) is 0.712. The Morgan fingerprint density at radius 1 is 1.50 bits per heavy atom. The molecule has 0 radical (unpaired) electrons. The fraction of sp³-hybridized carbons (Fsp3) is 0.364. The number of amides is 1. The molecule has 0 aromatic heterocycles. The van der Waals surface area contributed by atoms with Gasteiger partial charge in [-0.15, -0.1) is 0 Å². The summed E-state index contributed by atoms with van der Waals surface area (Å²) in [7, 11) is 0. The van der Waals surface area contributed by atoms with E-state index in [1.807, 2.05) is 0 Å². The lowest BCUT2D eigenvalue weighted by Gasteiger charge is -2.10. The third kappa shape index (κ3) is 3.01. The quantitative estimate of drug-likeness (QED) is 0.611. The normalized spacial score (nSPS) is 18.7. The molecule has 1 atom stereocenters. The van der Waals surface area contributed by atoms with Crippen LogP contribution in [-0.4, -0.2) is 23.4 Å². The molecular weight excluding hydrogens is 241 g/mol. The molecule has 1 aliphatic heterocycles. The smallest absolute Gasteiger partial charge is 0.272 e. The molecule has 7 heteroatoms. The van der Waals surface area contributed by atoms with Crippen molar-refractivity contribution in [2.45, 2.75) is 19.0 Å². The van der Waals surface area contributed by atoms with Crippen LogP contribution in [0.1, 0.15) is 12.0 Å². The van der Waals surface area contributed by atoms with Crippen LogP contribution in [-0.2, 0) is 11.3 Å². The molecule has 1 heterocycles. The second-order valence-corrected chi connectivity index (χ2v) is 4.16. The van der Waals surface area contributed by atoms with E-state index >= 15 is 0 Å². The van der Waals surface area contributed by atoms with Crippen molar-refractivity contribution in [3.63, 3.8) is 0 Å². The topological polar surface area (TPSA) is 84.3 Å². The number of hydrogen-bond donors (Lipinski definition) is 2. The van der Waals surface area contributed by atoms with Crippen molar-refractivity contribution in [2.75, 3.05) is 6.54 Å². The van der Waals surface area contributed by atoms with Crippen LogP contribution in [0.5, 0.6) is 0 Å². The summed E-state index contributed by atoms with van der Waals surface area (Å²) in [6, 6.07) is 3.43. The Morgan fingerprint density at radius 2 is 2.28 bits per heavy atom. The van der Waals surface area contributed by atoms with Gasteiger partial charge in [0.2, 0.25) is 5.91 Å². The van der Waals surface area contributed by atoms with Crippen LogP contribution in [0, 0.1) is 15.9 Å². The fourth-order valence-corrected chi connectivity index (χ4v) is 1.85. The molecule has 2 N–H and O–H groups in total. The van der Waals surface area contributed by atoms with Gasteiger partial charge >= 0.3 is 0 Å². The molecule has 1 unspecified atom stereocenters. The Morgan fingerprint density at radius 3 is 2.89 bits per heavy atom. The summed E-state index contributed by atoms with van der Waals surface area (Å²) in [6.45, 7) is 0.814. The van der Waals surface area contributed by atoms with Crippen LogP contribution in [0.2, 0.25) is 0 Å². The maximum Gasteiger partial charge on any atom is 0.272 e. The van der Waals surface area contributed by atoms with Crippen molar-refractivity contribution < 1.29 is 14.1 Å². The van der Waals surface area contributed by atoms with Gasteiger partial charge in [-0.2, -0.15) is 0 Å². The number of carbonyl (C=O) groups is 1. The number of nitro benzene ring substituents is 1. The van der Waals surface area contributed by atoms with Crippen LogP contribution >= 0.6 is 0 Å². The fourth-order valence-electron chi connectivity index (χ4n) is 1.85. The van der Waals surface area contributed by atoms with Gasteiger partial charge in [0.15, 0.2) is 0 Å². The first-order valence-electron chi connectivity index (χ1n) is 5.48. The Hall–Kier alpha value is -2.02. The molecular formula is C11H12FN3O3. The lowest BCUT2D eigenvalue weighted by Crippen LogP contribution is -2.30. The van der Waals surface area contributed by atoms with Gasteiger partial charge < -0.3 is 10.6 Å². The zero-order valence-electron chi connectivity index (χ0n) is 9.48. The van der Waals surface area contributed by atoms with Gasteiger partial charge in [-0.25, -0.2) is 4.39 Å². The van der Waals surface area contributed by atoms with E-state index in [1.165, 1.54) is 12.1 Å². The van der Waals surface area contributed by atoms with Gasteiger partial charge in [0.1, 0.15) is 5.82 Å². The molecule has 96 valence electrons. The molecule has 6 nitrogen and oxygen atoms in total. The second kappa shape index (κ2) is 5.09. The van der Waals surface area contributed by atoms with Crippen molar-refractivity contribution in [3.8, 4) is 0 Å². The summed E-state index contributed by atoms with van der Waals surface area (Å²) < 4.78 is 13.2. The number of carbonyl (C=O) groups excluding carboxylic acids is 1. The zero-order chi connectivity index (χ0) is 13.1. The third-order valence-electron chi connectivity index (χ3n) is 2.73. The number of hydrogen-bond acceptors (Lipinski definition) is 4. The predicted molar refractivity (Wildman–Crippen MR) is 61.3 cm³/mol. The van der Waals surface area contributed by atoms with E-state index < -0.39 is 10.7 Å². The Balaban J connectivity index is 2.00. The molecule has 1 amide bonds. The average molecular weight is 253 g/mol. The van der Waals surface area contributed by atoms with Gasteiger partial charge in [-0.3, -0.25) is 14.9 Å². The molecule has 0 spiro atoms.